The van der Waals surface area contributed by atoms with Crippen LogP contribution in [-0.2, 0) is 69.2 Å². The van der Waals surface area contributed by atoms with E-state index in [2.05, 4.69) is 74.4 Å². The number of H-pyrrole nitrogens is 5. The highest BCUT2D eigenvalue weighted by molar-refractivity contribution is 6.00. The van der Waals surface area contributed by atoms with Crippen molar-refractivity contribution in [3.05, 3.63) is 247 Å². The number of nitrogens with one attached hydrogen (secondary N) is 7. The predicted octanol–water partition coefficient (Wildman–Crippen LogP) is 4.74. The van der Waals surface area contributed by atoms with Gasteiger partial charge in [-0.15, -0.1) is 12.4 Å². The summed E-state index contributed by atoms with van der Waals surface area (Å²) in [5.41, 5.74) is 17.1. The van der Waals surface area contributed by atoms with Gasteiger partial charge in [0.2, 0.25) is 0 Å². The van der Waals surface area contributed by atoms with Gasteiger partial charge in [0.05, 0.1) is 55.5 Å². The van der Waals surface area contributed by atoms with E-state index in [0.717, 1.165) is 88.2 Å². The van der Waals surface area contributed by atoms with Crippen molar-refractivity contribution in [2.75, 3.05) is 66.1 Å². The minimum Gasteiger partial charge on any atom is -0.507 e. The molecular formula is C90H98ClN13O16. The van der Waals surface area contributed by atoms with Crippen LogP contribution in [0.5, 0.6) is 17.2 Å². The number of fused-ring (bicyclic) bond motifs is 1. The lowest BCUT2D eigenvalue weighted by Gasteiger charge is -2.62. The number of nitrogen functional groups attached to an aromatic ring is 1. The minimum atomic E-state index is -1.14. The average Bonchev–Trinajstić information content (AvgIpc) is 1.47. The summed E-state index contributed by atoms with van der Waals surface area (Å²) >= 11 is 0. The Morgan fingerprint density at radius 3 is 1.44 bits per heavy atom. The highest BCUT2D eigenvalue weighted by Gasteiger charge is 2.75. The molecule has 2 amide bonds. The van der Waals surface area contributed by atoms with E-state index in [9.17, 15) is 68.4 Å². The van der Waals surface area contributed by atoms with Crippen LogP contribution in [0.2, 0.25) is 0 Å². The molecule has 29 nitrogen and oxygen atoms in total. The lowest BCUT2D eigenvalue weighted by Crippen LogP contribution is -2.76. The van der Waals surface area contributed by atoms with E-state index < -0.39 is 73.7 Å². The van der Waals surface area contributed by atoms with Gasteiger partial charge in [-0.05, 0) is 199 Å². The molecular weight excluding hydrogens is 1550 g/mol. The maximum absolute atomic E-state index is 13.4. The first-order valence-corrected chi connectivity index (χ1v) is 40.9. The maximum atomic E-state index is 13.4. The molecule has 5 aliphatic heterocycles. The van der Waals surface area contributed by atoms with Gasteiger partial charge in [0.15, 0.2) is 29.7 Å². The number of hydrogen-bond donors (Lipinski definition) is 13. The number of likely N-dealkylation sites (N-methyl/N-ethyl adjacent to an activating group) is 3. The smallest absolute Gasteiger partial charge is 0.325 e. The Morgan fingerprint density at radius 1 is 0.517 bits per heavy atom. The minimum absolute atomic E-state index is 0. The highest BCUT2D eigenvalue weighted by Crippen LogP contribution is 2.66. The second kappa shape index (κ2) is 31.4. The number of Topliss-reactive ketones (excluding diaryl/α,β-unsaturated/α-hetero) is 3. The number of carbonyl (C=O) groups excluding carboxylic acids is 5. The SMILES string of the molecule is CN1CC[C@]23CC(=O)CC[C@@]2(O)[C@H]1Cc1ccc(C(=O)NCCc2ccc(-c4c[nH]c(=O)[nH]c4=O)cc2)c(O)c13.CN1CC[C@]23c4c5ccc(C(=O)NCCc6ccc(-c7c[nH]c(=O)[nH]c7=O)cc6)c4O[C@H]2C(=O)CC[C@@]3(O)[C@H]1C5.Cc1ccc2c3c1O[C@H]1C(=O)CC[C@@]4(O)[C@@H](C2)N(C)CC[C@]314.Cl.NCCc1ccc(-c2cnc(N)[nH]c2=O)cc1. The third-order valence-corrected chi connectivity index (χ3v) is 28.1. The number of anilines is 1. The maximum Gasteiger partial charge on any atom is 0.325 e. The molecule has 6 bridgehead atoms. The zero-order chi connectivity index (χ0) is 83.6. The van der Waals surface area contributed by atoms with Gasteiger partial charge in [0, 0.05) is 97.6 Å². The molecule has 6 aromatic carbocycles. The topological polar surface area (TPSA) is 448 Å². The van der Waals surface area contributed by atoms with Crippen molar-refractivity contribution < 1.29 is 53.9 Å². The van der Waals surface area contributed by atoms with E-state index in [1.165, 1.54) is 24.2 Å². The number of rotatable bonds is 13. The number of carbonyl (C=O) groups is 5. The highest BCUT2D eigenvalue weighted by atomic mass is 35.5. The molecule has 9 aromatic rings. The first-order valence-electron chi connectivity index (χ1n) is 40.9. The standard InChI is InChI=1S/C30H30N4O6.C30H32N4O6.C18H21NO3.C12H14N4O.ClH/c1-34-13-11-29-23-18-6-7-19(24(23)40-25(29)21(35)8-10-30(29,39)22(34)14-18)26(36)31-12-9-16-2-4-17(5-3-16)20-15-32-28(38)33-27(20)37;1-34-13-11-29-15-20(35)8-10-30(29,40)23(34)14-19-6-7-21(25(36)24(19)29)26(37)31-12-9-17-2-4-18(5-3-17)22-16-32-28(39)33-27(22)38;1-10-3-4-11-9-13-18(21)6-5-12(20)16-17(18,7-8-19(13)2)14(11)15(10)22-16;13-6-5-8-1-3-9(4-2-8)10-7-15-12(14)16-11(10)17;/h2-7,15,22,25,39H,8-14H2,1H3,(H,31,36)(H2,32,33,37,38);2-7,16,23,36,40H,8-15H2,1H3,(H,31,37)(H2,32,33,38,39);3-4,13,16,21H,5-9H2,1-2H3;1-4,7H,5-6,13H2,(H3,14,15,16,17);1H/t22-,25+,29+,30-;23-,29-,30-;13-,16+,17+,18-;;/m111../s1. The number of ketones is 3. The Bertz CT molecular complexity index is 5940. The summed E-state index contributed by atoms with van der Waals surface area (Å²) in [7, 11) is 6.12. The van der Waals surface area contributed by atoms with Gasteiger partial charge >= 0.3 is 11.4 Å². The van der Waals surface area contributed by atoms with Gasteiger partial charge in [0.25, 0.3) is 28.5 Å². The summed E-state index contributed by atoms with van der Waals surface area (Å²) < 4.78 is 12.5. The number of nitrogens with zero attached hydrogens (tertiary/aromatic N) is 4. The second-order valence-corrected chi connectivity index (χ2v) is 34.1. The zero-order valence-electron chi connectivity index (χ0n) is 67.1. The van der Waals surface area contributed by atoms with Crippen molar-refractivity contribution in [2.45, 2.75) is 173 Å². The number of aromatic amines is 5. The Hall–Kier alpha value is -11.3. The molecule has 3 saturated heterocycles. The second-order valence-electron chi connectivity index (χ2n) is 34.1. The molecule has 30 heteroatoms. The summed E-state index contributed by atoms with van der Waals surface area (Å²) in [5, 5.41) is 53.1. The van der Waals surface area contributed by atoms with Crippen LogP contribution in [0, 0.1) is 6.92 Å². The number of aryl methyl sites for hydroxylation is 1. The number of piperidine rings is 3. The lowest BCUT2D eigenvalue weighted by atomic mass is 9.49. The number of phenols is 1. The Balaban J connectivity index is 0.000000125. The van der Waals surface area contributed by atoms with Crippen molar-refractivity contribution in [3.8, 4) is 50.6 Å². The summed E-state index contributed by atoms with van der Waals surface area (Å²) in [6, 6.07) is 33.6. The van der Waals surface area contributed by atoms with Gasteiger partial charge in [-0.2, -0.15) is 0 Å². The normalized spacial score (nSPS) is 27.1. The number of halogens is 1. The number of likely N-dealkylation sites (tertiary alicyclic amines) is 3. The van der Waals surface area contributed by atoms with Crippen molar-refractivity contribution in [1.82, 2.24) is 55.2 Å². The molecule has 11 atom stereocenters. The van der Waals surface area contributed by atoms with Crippen LogP contribution in [0.15, 0.2) is 152 Å². The fraction of sp³-hybridized carbons (Fsp3) is 0.411. The van der Waals surface area contributed by atoms with Crippen molar-refractivity contribution in [2.24, 2.45) is 5.73 Å². The molecule has 626 valence electrons. The van der Waals surface area contributed by atoms with E-state index >= 15 is 0 Å². The van der Waals surface area contributed by atoms with Crippen molar-refractivity contribution in [1.29, 1.82) is 0 Å². The molecule has 20 rings (SSSR count). The molecule has 0 radical (unpaired) electrons. The lowest BCUT2D eigenvalue weighted by molar-refractivity contribution is -0.185. The molecule has 3 aromatic heterocycles. The summed E-state index contributed by atoms with van der Waals surface area (Å²) in [6.45, 7) is 5.70. The van der Waals surface area contributed by atoms with E-state index in [1.807, 2.05) is 81.7 Å². The molecule has 2 spiro atoms. The molecule has 3 saturated carbocycles. The third kappa shape index (κ3) is 13.3. The molecule has 15 N–H and O–H groups in total. The third-order valence-electron chi connectivity index (χ3n) is 28.1. The Morgan fingerprint density at radius 2 is 0.942 bits per heavy atom. The number of nitrogens with two attached hydrogens (primary N) is 2. The quantitative estimate of drug-likeness (QED) is 0.0741. The molecule has 8 heterocycles. The van der Waals surface area contributed by atoms with Crippen LogP contribution in [0.3, 0.4) is 0 Å². The molecule has 11 aliphatic rings. The number of aromatic hydroxyl groups is 1. The van der Waals surface area contributed by atoms with Crippen LogP contribution >= 0.6 is 12.4 Å². The fourth-order valence-corrected chi connectivity index (χ4v) is 22.1. The number of benzene rings is 6. The van der Waals surface area contributed by atoms with E-state index in [4.69, 9.17) is 20.9 Å². The van der Waals surface area contributed by atoms with Crippen LogP contribution in [0.4, 0.5) is 5.95 Å². The fourth-order valence-electron chi connectivity index (χ4n) is 22.1. The van der Waals surface area contributed by atoms with Gasteiger partial charge < -0.3 is 76.7 Å². The van der Waals surface area contributed by atoms with E-state index in [-0.39, 0.29) is 89.5 Å². The number of hydrogen-bond acceptors (Lipinski definition) is 22. The number of phenolic OH excluding ortho intramolecular Hbond substituents is 1. The van der Waals surface area contributed by atoms with Crippen molar-refractivity contribution >= 4 is 47.5 Å². The Kier molecular flexibility index (Phi) is 21.6. The largest absolute Gasteiger partial charge is 0.507 e. The number of ether oxygens (including phenoxy) is 2. The number of aliphatic hydroxyl groups is 3. The van der Waals surface area contributed by atoms with Gasteiger partial charge in [-0.25, -0.2) is 14.6 Å². The predicted molar refractivity (Wildman–Crippen MR) is 449 cm³/mol. The van der Waals surface area contributed by atoms with E-state index in [0.29, 0.717) is 142 Å². The van der Waals surface area contributed by atoms with Crippen LogP contribution < -0.4 is 59.6 Å². The van der Waals surface area contributed by atoms with Gasteiger partial charge in [-0.1, -0.05) is 97.1 Å². The molecule has 0 unspecified atom stereocenters. The summed E-state index contributed by atoms with van der Waals surface area (Å²) in [5.74, 6) is 0.842. The zero-order valence-corrected chi connectivity index (χ0v) is 67.9. The first kappa shape index (κ1) is 82.4. The van der Waals surface area contributed by atoms with E-state index in [1.54, 1.807) is 36.4 Å². The average molecular weight is 1650 g/mol. The number of amides is 2. The summed E-state index contributed by atoms with van der Waals surface area (Å²) in [6.07, 6.45) is 11.4. The molecule has 120 heavy (non-hydrogen) atoms. The molecule has 6 fully saturated rings. The van der Waals surface area contributed by atoms with Crippen LogP contribution in [0.25, 0.3) is 33.4 Å². The molecule has 6 aliphatic carbocycles. The number of aromatic nitrogens is 6. The van der Waals surface area contributed by atoms with Gasteiger partial charge in [0.1, 0.15) is 23.0 Å². The van der Waals surface area contributed by atoms with Gasteiger partial charge in [-0.3, -0.25) is 53.3 Å². The summed E-state index contributed by atoms with van der Waals surface area (Å²) in [4.78, 5) is 146. The van der Waals surface area contributed by atoms with Crippen LogP contribution in [-0.4, -0.2) is 202 Å². The van der Waals surface area contributed by atoms with Crippen molar-refractivity contribution in [3.63, 3.8) is 0 Å². The first-order chi connectivity index (χ1) is 57.0. The van der Waals surface area contributed by atoms with Crippen LogP contribution in [0.1, 0.15) is 141 Å². The monoisotopic (exact) mass is 1650 g/mol. The Labute approximate surface area is 695 Å².